The zero-order valence-corrected chi connectivity index (χ0v) is 21.3. The second-order valence-corrected chi connectivity index (χ2v) is 11.0. The van der Waals surface area contributed by atoms with E-state index >= 15 is 0 Å². The van der Waals surface area contributed by atoms with Crippen LogP contribution in [0.5, 0.6) is 0 Å². The van der Waals surface area contributed by atoms with E-state index in [-0.39, 0.29) is 36.0 Å². The zero-order valence-electron chi connectivity index (χ0n) is 20.6. The Labute approximate surface area is 202 Å². The molecular weight excluding hydrogens is 444 g/mol. The Kier molecular flexibility index (Phi) is 8.73. The lowest BCUT2D eigenvalue weighted by Gasteiger charge is -2.43. The summed E-state index contributed by atoms with van der Waals surface area (Å²) in [5.41, 5.74) is 0.356. The van der Waals surface area contributed by atoms with Gasteiger partial charge in [0.25, 0.3) is 0 Å². The fourth-order valence-corrected chi connectivity index (χ4v) is 5.64. The van der Waals surface area contributed by atoms with Crippen LogP contribution in [0.25, 0.3) is 0 Å². The van der Waals surface area contributed by atoms with Gasteiger partial charge in [-0.2, -0.15) is 0 Å². The summed E-state index contributed by atoms with van der Waals surface area (Å²) in [6, 6.07) is 0. The Morgan fingerprint density at radius 1 is 1.00 bits per heavy atom. The van der Waals surface area contributed by atoms with Crippen molar-refractivity contribution >= 4 is 23.4 Å². The maximum Gasteiger partial charge on any atom is 0.246 e. The maximum absolute atomic E-state index is 13.5. The van der Waals surface area contributed by atoms with Crippen molar-refractivity contribution in [1.29, 1.82) is 0 Å². The molecule has 0 aromatic heterocycles. The minimum absolute atomic E-state index is 0.0404. The summed E-state index contributed by atoms with van der Waals surface area (Å²) >= 11 is 6.29. The summed E-state index contributed by atoms with van der Waals surface area (Å²) < 4.78 is 17.0. The third-order valence-corrected chi connectivity index (χ3v) is 7.29. The SMILES string of the molecule is COC1=C(Cl)CC(OC)=C(NC(=O)C2CC3CCCCC3CC2OCC(=O)NC(C)(C)C)C1. The van der Waals surface area contributed by atoms with Crippen molar-refractivity contribution < 1.29 is 23.8 Å². The van der Waals surface area contributed by atoms with E-state index in [0.29, 0.717) is 46.9 Å². The third-order valence-electron chi connectivity index (χ3n) is 6.95. The van der Waals surface area contributed by atoms with E-state index in [0.717, 1.165) is 19.3 Å². The van der Waals surface area contributed by atoms with E-state index in [9.17, 15) is 9.59 Å². The van der Waals surface area contributed by atoms with Crippen LogP contribution in [0, 0.1) is 17.8 Å². The molecule has 0 radical (unpaired) electrons. The molecular formula is C25H39ClN2O5. The first kappa shape index (κ1) is 25.9. The highest BCUT2D eigenvalue weighted by atomic mass is 35.5. The fraction of sp³-hybridized carbons (Fsp3) is 0.760. The Morgan fingerprint density at radius 2 is 1.64 bits per heavy atom. The maximum atomic E-state index is 13.5. The van der Waals surface area contributed by atoms with Crippen LogP contribution in [0.2, 0.25) is 0 Å². The van der Waals surface area contributed by atoms with Crippen molar-refractivity contribution in [3.8, 4) is 0 Å². The van der Waals surface area contributed by atoms with Gasteiger partial charge in [-0.3, -0.25) is 9.59 Å². The van der Waals surface area contributed by atoms with Crippen LogP contribution < -0.4 is 10.6 Å². The summed E-state index contributed by atoms with van der Waals surface area (Å²) in [5, 5.41) is 6.61. The zero-order chi connectivity index (χ0) is 24.2. The number of ether oxygens (including phenoxy) is 3. The van der Waals surface area contributed by atoms with Crippen molar-refractivity contribution in [2.24, 2.45) is 17.8 Å². The average molecular weight is 483 g/mol. The van der Waals surface area contributed by atoms with E-state index in [2.05, 4.69) is 10.6 Å². The van der Waals surface area contributed by atoms with E-state index in [1.165, 1.54) is 19.3 Å². The molecule has 2 N–H and O–H groups in total. The van der Waals surface area contributed by atoms with Gasteiger partial charge in [0.15, 0.2) is 0 Å². The molecule has 0 bridgehead atoms. The number of hydrogen-bond acceptors (Lipinski definition) is 5. The lowest BCUT2D eigenvalue weighted by atomic mass is 9.66. The monoisotopic (exact) mass is 482 g/mol. The van der Waals surface area contributed by atoms with Gasteiger partial charge >= 0.3 is 0 Å². The van der Waals surface area contributed by atoms with Gasteiger partial charge in [-0.25, -0.2) is 0 Å². The number of amides is 2. The quantitative estimate of drug-likeness (QED) is 0.562. The van der Waals surface area contributed by atoms with Crippen LogP contribution in [0.4, 0.5) is 0 Å². The highest BCUT2D eigenvalue weighted by Crippen LogP contribution is 2.44. The number of methoxy groups -OCH3 is 2. The van der Waals surface area contributed by atoms with E-state index in [1.807, 2.05) is 20.8 Å². The van der Waals surface area contributed by atoms with Gasteiger partial charge in [-0.05, 0) is 45.4 Å². The topological polar surface area (TPSA) is 85.9 Å². The molecule has 0 saturated heterocycles. The van der Waals surface area contributed by atoms with Gasteiger partial charge in [-0.1, -0.05) is 37.3 Å². The van der Waals surface area contributed by atoms with Gasteiger partial charge < -0.3 is 24.8 Å². The second-order valence-electron chi connectivity index (χ2n) is 10.5. The van der Waals surface area contributed by atoms with Crippen LogP contribution in [0.3, 0.4) is 0 Å². The predicted octanol–water partition coefficient (Wildman–Crippen LogP) is 4.37. The van der Waals surface area contributed by atoms with Crippen molar-refractivity contribution in [3.63, 3.8) is 0 Å². The molecule has 2 fully saturated rings. The molecule has 3 rings (SSSR count). The van der Waals surface area contributed by atoms with Crippen molar-refractivity contribution in [2.45, 2.75) is 83.8 Å². The molecule has 4 atom stereocenters. The Balaban J connectivity index is 1.72. The molecule has 0 aliphatic heterocycles. The Hall–Kier alpha value is -1.73. The molecule has 4 unspecified atom stereocenters. The number of carbonyl (C=O) groups is 2. The first-order chi connectivity index (χ1) is 15.6. The number of rotatable bonds is 7. The van der Waals surface area contributed by atoms with Crippen LogP contribution in [-0.4, -0.2) is 44.3 Å². The molecule has 2 saturated carbocycles. The van der Waals surface area contributed by atoms with Gasteiger partial charge in [0, 0.05) is 18.4 Å². The standard InChI is InChI=1S/C25H39ClN2O5/c1-25(2,3)28-23(29)14-33-20-11-16-9-7-6-8-15(16)10-17(20)24(30)27-19-13-21(31-4)18(26)12-22(19)32-5/h15-17,20H,6-14H2,1-5H3,(H,27,30)(H,28,29). The normalized spacial score (nSPS) is 28.2. The number of carbonyl (C=O) groups excluding carboxylic acids is 2. The number of allylic oxidation sites excluding steroid dienone is 1. The molecule has 3 aliphatic rings. The molecule has 8 heteroatoms. The fourth-order valence-electron chi connectivity index (χ4n) is 5.38. The van der Waals surface area contributed by atoms with Gasteiger partial charge in [-0.15, -0.1) is 0 Å². The highest BCUT2D eigenvalue weighted by molar-refractivity contribution is 6.30. The third kappa shape index (κ3) is 6.89. The first-order valence-electron chi connectivity index (χ1n) is 12.0. The van der Waals surface area contributed by atoms with E-state index < -0.39 is 0 Å². The van der Waals surface area contributed by atoms with E-state index in [1.54, 1.807) is 14.2 Å². The Bertz CT molecular complexity index is 801. The predicted molar refractivity (Wildman–Crippen MR) is 127 cm³/mol. The first-order valence-corrected chi connectivity index (χ1v) is 12.4. The van der Waals surface area contributed by atoms with Crippen LogP contribution >= 0.6 is 11.6 Å². The number of hydrogen-bond donors (Lipinski definition) is 2. The molecule has 0 aromatic carbocycles. The van der Waals surface area contributed by atoms with Crippen LogP contribution in [0.15, 0.2) is 22.2 Å². The average Bonchev–Trinajstić information content (AvgIpc) is 2.76. The summed E-state index contributed by atoms with van der Waals surface area (Å²) in [6.45, 7) is 5.78. The largest absolute Gasteiger partial charge is 0.499 e. The van der Waals surface area contributed by atoms with Gasteiger partial charge in [0.1, 0.15) is 18.1 Å². The van der Waals surface area contributed by atoms with Crippen molar-refractivity contribution in [3.05, 3.63) is 22.2 Å². The van der Waals surface area contributed by atoms with E-state index in [4.69, 9.17) is 25.8 Å². The summed E-state index contributed by atoms with van der Waals surface area (Å²) in [4.78, 5) is 25.9. The lowest BCUT2D eigenvalue weighted by molar-refractivity contribution is -0.143. The molecule has 0 aromatic rings. The van der Waals surface area contributed by atoms with Crippen molar-refractivity contribution in [1.82, 2.24) is 10.6 Å². The van der Waals surface area contributed by atoms with Crippen LogP contribution in [0.1, 0.15) is 72.1 Å². The smallest absolute Gasteiger partial charge is 0.246 e. The summed E-state index contributed by atoms with van der Waals surface area (Å²) in [7, 11) is 3.16. The molecule has 33 heavy (non-hydrogen) atoms. The van der Waals surface area contributed by atoms with Crippen molar-refractivity contribution in [2.75, 3.05) is 20.8 Å². The van der Waals surface area contributed by atoms with Gasteiger partial charge in [0.2, 0.25) is 11.8 Å². The molecule has 0 spiro atoms. The summed E-state index contributed by atoms with van der Waals surface area (Å²) in [5.74, 6) is 1.81. The molecule has 0 heterocycles. The minimum Gasteiger partial charge on any atom is -0.499 e. The second kappa shape index (κ2) is 11.1. The van der Waals surface area contributed by atoms with Crippen LogP contribution in [-0.2, 0) is 23.8 Å². The minimum atomic E-state index is -0.323. The highest BCUT2D eigenvalue weighted by Gasteiger charge is 2.42. The number of halogens is 1. The lowest BCUT2D eigenvalue weighted by Crippen LogP contribution is -2.48. The molecule has 3 aliphatic carbocycles. The molecule has 186 valence electrons. The molecule has 2 amide bonds. The molecule has 7 nitrogen and oxygen atoms in total. The number of nitrogens with one attached hydrogen (secondary N) is 2. The number of fused-ring (bicyclic) bond motifs is 1. The summed E-state index contributed by atoms with van der Waals surface area (Å²) in [6.07, 6.45) is 6.85. The Morgan fingerprint density at radius 3 is 2.24 bits per heavy atom. The van der Waals surface area contributed by atoms with Gasteiger partial charge in [0.05, 0.1) is 37.0 Å².